The van der Waals surface area contributed by atoms with Gasteiger partial charge in [-0.3, -0.25) is 10.2 Å². The van der Waals surface area contributed by atoms with Crippen molar-refractivity contribution in [3.05, 3.63) is 30.2 Å². The summed E-state index contributed by atoms with van der Waals surface area (Å²) in [4.78, 5) is 26.6. The Bertz CT molecular complexity index is 544. The summed E-state index contributed by atoms with van der Waals surface area (Å²) in [5, 5.41) is 9.53. The molecule has 86 valence electrons. The van der Waals surface area contributed by atoms with Gasteiger partial charge in [-0.15, -0.1) is 0 Å². The highest BCUT2D eigenvalue weighted by molar-refractivity contribution is 5.95. The predicted octanol–water partition coefficient (Wildman–Crippen LogP) is -0.757. The van der Waals surface area contributed by atoms with Crippen molar-refractivity contribution < 1.29 is 9.90 Å². The highest BCUT2D eigenvalue weighted by atomic mass is 16.3. The summed E-state index contributed by atoms with van der Waals surface area (Å²) >= 11 is 0. The van der Waals surface area contributed by atoms with Crippen molar-refractivity contribution in [2.45, 2.75) is 0 Å². The van der Waals surface area contributed by atoms with Crippen LogP contribution in [-0.4, -0.2) is 30.9 Å². The van der Waals surface area contributed by atoms with Crippen molar-refractivity contribution in [3.63, 3.8) is 0 Å². The van der Waals surface area contributed by atoms with Crippen LogP contribution in [0.1, 0.15) is 10.4 Å². The van der Waals surface area contributed by atoms with E-state index < -0.39 is 11.8 Å². The van der Waals surface area contributed by atoms with Gasteiger partial charge in [0.15, 0.2) is 5.82 Å². The molecule has 17 heavy (non-hydrogen) atoms. The van der Waals surface area contributed by atoms with Crippen LogP contribution in [0.4, 0.5) is 0 Å². The van der Waals surface area contributed by atoms with Crippen LogP contribution in [-0.2, 0) is 0 Å². The van der Waals surface area contributed by atoms with Gasteiger partial charge in [-0.25, -0.2) is 20.8 Å². The van der Waals surface area contributed by atoms with Crippen LogP contribution >= 0.6 is 0 Å². The van der Waals surface area contributed by atoms with Crippen LogP contribution in [0.25, 0.3) is 11.6 Å². The molecule has 0 atom stereocenters. The molecule has 0 aliphatic carbocycles. The van der Waals surface area contributed by atoms with Crippen molar-refractivity contribution >= 4 is 5.91 Å². The Balaban J connectivity index is 2.41. The van der Waals surface area contributed by atoms with Crippen LogP contribution in [0.15, 0.2) is 24.7 Å². The molecule has 0 aromatic carbocycles. The van der Waals surface area contributed by atoms with Crippen LogP contribution in [0.5, 0.6) is 5.88 Å². The van der Waals surface area contributed by atoms with E-state index in [2.05, 4.69) is 19.9 Å². The molecular weight excluding hydrogens is 224 g/mol. The van der Waals surface area contributed by atoms with E-state index in [1.807, 2.05) is 5.43 Å². The van der Waals surface area contributed by atoms with Gasteiger partial charge < -0.3 is 5.11 Å². The largest absolute Gasteiger partial charge is 0.493 e. The van der Waals surface area contributed by atoms with Gasteiger partial charge in [0.05, 0.1) is 0 Å². The van der Waals surface area contributed by atoms with E-state index in [-0.39, 0.29) is 17.2 Å². The minimum Gasteiger partial charge on any atom is -0.493 e. The number of carbonyl (C=O) groups excluding carboxylic acids is 1. The first kappa shape index (κ1) is 10.9. The number of amides is 1. The second-order valence-electron chi connectivity index (χ2n) is 2.98. The van der Waals surface area contributed by atoms with Crippen LogP contribution in [0.2, 0.25) is 0 Å². The average Bonchev–Trinajstić information content (AvgIpc) is 2.39. The number of hydrogen-bond donors (Lipinski definition) is 3. The Morgan fingerprint density at radius 3 is 2.53 bits per heavy atom. The van der Waals surface area contributed by atoms with E-state index in [1.54, 1.807) is 6.07 Å². The molecule has 2 aromatic rings. The fourth-order valence-corrected chi connectivity index (χ4v) is 1.13. The summed E-state index contributed by atoms with van der Waals surface area (Å²) in [6, 6.07) is 1.64. The van der Waals surface area contributed by atoms with Crippen molar-refractivity contribution in [1.29, 1.82) is 0 Å². The smallest absolute Gasteiger partial charge is 0.272 e. The number of nitrogen functional groups attached to an aromatic ring is 1. The molecule has 4 N–H and O–H groups in total. The molecule has 0 aliphatic heterocycles. The maximum atomic E-state index is 11.2. The van der Waals surface area contributed by atoms with Gasteiger partial charge in [0.1, 0.15) is 5.56 Å². The summed E-state index contributed by atoms with van der Waals surface area (Å²) in [7, 11) is 0. The molecule has 2 aromatic heterocycles. The first-order valence-electron chi connectivity index (χ1n) is 4.56. The number of rotatable bonds is 2. The van der Waals surface area contributed by atoms with Crippen LogP contribution in [0, 0.1) is 0 Å². The number of aromatic nitrogens is 4. The predicted molar refractivity (Wildman–Crippen MR) is 56.4 cm³/mol. The number of aromatic hydroxyl groups is 1. The number of hydrazine groups is 1. The zero-order valence-electron chi connectivity index (χ0n) is 8.53. The monoisotopic (exact) mass is 232 g/mol. The minimum absolute atomic E-state index is 0.118. The third-order valence-electron chi connectivity index (χ3n) is 1.91. The van der Waals surface area contributed by atoms with Crippen molar-refractivity contribution in [3.8, 4) is 17.5 Å². The molecule has 8 heteroatoms. The van der Waals surface area contributed by atoms with Gasteiger partial charge >= 0.3 is 0 Å². The number of nitrogens with one attached hydrogen (secondary N) is 1. The van der Waals surface area contributed by atoms with Crippen molar-refractivity contribution in [2.75, 3.05) is 0 Å². The number of hydrogen-bond acceptors (Lipinski definition) is 7. The molecule has 0 saturated heterocycles. The zero-order valence-corrected chi connectivity index (χ0v) is 8.53. The van der Waals surface area contributed by atoms with Crippen molar-refractivity contribution in [1.82, 2.24) is 25.4 Å². The Labute approximate surface area is 95.5 Å². The van der Waals surface area contributed by atoms with E-state index in [1.165, 1.54) is 12.4 Å². The molecule has 0 unspecified atom stereocenters. The van der Waals surface area contributed by atoms with E-state index in [4.69, 9.17) is 5.84 Å². The van der Waals surface area contributed by atoms with Gasteiger partial charge in [-0.1, -0.05) is 0 Å². The summed E-state index contributed by atoms with van der Waals surface area (Å²) < 4.78 is 0. The van der Waals surface area contributed by atoms with E-state index in [0.29, 0.717) is 0 Å². The average molecular weight is 232 g/mol. The molecule has 1 amide bonds. The lowest BCUT2D eigenvalue weighted by Crippen LogP contribution is -2.30. The van der Waals surface area contributed by atoms with E-state index >= 15 is 0 Å². The van der Waals surface area contributed by atoms with Gasteiger partial charge in [-0.05, 0) is 6.07 Å². The number of nitrogens with two attached hydrogens (primary N) is 1. The molecule has 8 nitrogen and oxygen atoms in total. The SMILES string of the molecule is NNC(=O)c1cnc(-c2ncccn2)nc1O. The third kappa shape index (κ3) is 2.16. The molecule has 0 spiro atoms. The standard InChI is InChI=1S/C9H8N6O2/c10-15-9(17)5-4-13-7(14-8(5)16)6-11-2-1-3-12-6/h1-4H,10H2,(H,15,17)(H,13,14,16). The zero-order chi connectivity index (χ0) is 12.3. The topological polar surface area (TPSA) is 127 Å². The maximum absolute atomic E-state index is 11.2. The number of carbonyl (C=O) groups is 1. The first-order valence-corrected chi connectivity index (χ1v) is 4.56. The Hall–Kier alpha value is -2.61. The Kier molecular flexibility index (Phi) is 2.88. The number of nitrogens with zero attached hydrogens (tertiary/aromatic N) is 4. The Morgan fingerprint density at radius 2 is 1.94 bits per heavy atom. The molecule has 0 fully saturated rings. The third-order valence-corrected chi connectivity index (χ3v) is 1.91. The highest BCUT2D eigenvalue weighted by Gasteiger charge is 2.14. The quantitative estimate of drug-likeness (QED) is 0.353. The lowest BCUT2D eigenvalue weighted by molar-refractivity contribution is 0.0950. The first-order chi connectivity index (χ1) is 8.22. The van der Waals surface area contributed by atoms with Gasteiger partial charge in [0, 0.05) is 18.6 Å². The lowest BCUT2D eigenvalue weighted by atomic mass is 10.3. The summed E-state index contributed by atoms with van der Waals surface area (Å²) in [6.45, 7) is 0. The summed E-state index contributed by atoms with van der Waals surface area (Å²) in [5.41, 5.74) is 1.75. The van der Waals surface area contributed by atoms with E-state index in [0.717, 1.165) is 6.20 Å². The second kappa shape index (κ2) is 4.49. The van der Waals surface area contributed by atoms with Gasteiger partial charge in [0.2, 0.25) is 11.7 Å². The van der Waals surface area contributed by atoms with Crippen LogP contribution < -0.4 is 11.3 Å². The molecule has 0 saturated carbocycles. The summed E-state index contributed by atoms with van der Waals surface area (Å²) in [6.07, 6.45) is 4.18. The minimum atomic E-state index is -0.678. The van der Waals surface area contributed by atoms with Crippen LogP contribution in [0.3, 0.4) is 0 Å². The molecule has 0 bridgehead atoms. The maximum Gasteiger partial charge on any atom is 0.272 e. The van der Waals surface area contributed by atoms with Gasteiger partial charge in [0.25, 0.3) is 5.91 Å². The van der Waals surface area contributed by atoms with Crippen molar-refractivity contribution in [2.24, 2.45) is 5.84 Å². The molecule has 2 rings (SSSR count). The fourth-order valence-electron chi connectivity index (χ4n) is 1.13. The second-order valence-corrected chi connectivity index (χ2v) is 2.98. The Morgan fingerprint density at radius 1 is 1.24 bits per heavy atom. The normalized spacial score (nSPS) is 9.94. The highest BCUT2D eigenvalue weighted by Crippen LogP contribution is 2.16. The fraction of sp³-hybridized carbons (Fsp3) is 0. The summed E-state index contributed by atoms with van der Waals surface area (Å²) in [5.74, 6) is 4.15. The van der Waals surface area contributed by atoms with E-state index in [9.17, 15) is 9.90 Å². The molecule has 0 radical (unpaired) electrons. The molecule has 2 heterocycles. The molecular formula is C9H8N6O2. The molecule has 0 aliphatic rings. The van der Waals surface area contributed by atoms with Gasteiger partial charge in [-0.2, -0.15) is 4.98 Å². The lowest BCUT2D eigenvalue weighted by Gasteiger charge is -2.03.